The molecule has 1 heterocycles. The summed E-state index contributed by atoms with van der Waals surface area (Å²) in [6, 6.07) is 5.16. The minimum absolute atomic E-state index is 0.747. The van der Waals surface area contributed by atoms with Crippen molar-refractivity contribution in [2.24, 2.45) is 5.92 Å². The SMILES string of the molecule is CNC1CC(c2cccs2)C1C. The Morgan fingerprint density at radius 1 is 1.58 bits per heavy atom. The molecule has 0 spiro atoms. The van der Waals surface area contributed by atoms with Crippen LogP contribution in [-0.4, -0.2) is 13.1 Å². The van der Waals surface area contributed by atoms with Crippen molar-refractivity contribution < 1.29 is 0 Å². The van der Waals surface area contributed by atoms with Crippen molar-refractivity contribution >= 4 is 11.3 Å². The van der Waals surface area contributed by atoms with Gasteiger partial charge in [0.2, 0.25) is 0 Å². The van der Waals surface area contributed by atoms with Gasteiger partial charge in [-0.3, -0.25) is 0 Å². The molecule has 1 fully saturated rings. The van der Waals surface area contributed by atoms with Gasteiger partial charge in [-0.25, -0.2) is 0 Å². The van der Waals surface area contributed by atoms with Crippen molar-refractivity contribution in [2.75, 3.05) is 7.05 Å². The van der Waals surface area contributed by atoms with E-state index in [1.807, 2.05) is 11.3 Å². The molecule has 0 bridgehead atoms. The predicted octanol–water partition coefficient (Wildman–Crippen LogP) is 2.46. The van der Waals surface area contributed by atoms with Crippen LogP contribution in [0, 0.1) is 5.92 Å². The first-order valence-electron chi connectivity index (χ1n) is 4.53. The lowest BCUT2D eigenvalue weighted by Crippen LogP contribution is -2.45. The molecule has 3 unspecified atom stereocenters. The van der Waals surface area contributed by atoms with Crippen molar-refractivity contribution in [3.05, 3.63) is 22.4 Å². The monoisotopic (exact) mass is 181 g/mol. The topological polar surface area (TPSA) is 12.0 Å². The summed E-state index contributed by atoms with van der Waals surface area (Å²) in [4.78, 5) is 1.56. The highest BCUT2D eigenvalue weighted by molar-refractivity contribution is 7.10. The number of hydrogen-bond donors (Lipinski definition) is 1. The van der Waals surface area contributed by atoms with Crippen LogP contribution in [0.3, 0.4) is 0 Å². The van der Waals surface area contributed by atoms with E-state index < -0.39 is 0 Å². The maximum absolute atomic E-state index is 3.35. The standard InChI is InChI=1S/C10H15NS/c1-7-8(6-9(7)11-2)10-4-3-5-12-10/h3-5,7-9,11H,6H2,1-2H3. The van der Waals surface area contributed by atoms with E-state index in [1.54, 1.807) is 4.88 Å². The van der Waals surface area contributed by atoms with Gasteiger partial charge in [-0.2, -0.15) is 0 Å². The molecule has 1 aliphatic carbocycles. The molecule has 1 aromatic rings. The Hall–Kier alpha value is -0.340. The number of nitrogens with one attached hydrogen (secondary N) is 1. The van der Waals surface area contributed by atoms with Gasteiger partial charge in [0.05, 0.1) is 0 Å². The smallest absolute Gasteiger partial charge is 0.0102 e. The summed E-state index contributed by atoms with van der Waals surface area (Å²) in [5.74, 6) is 1.64. The molecule has 0 amide bonds. The Bertz CT molecular complexity index is 242. The predicted molar refractivity (Wildman–Crippen MR) is 53.7 cm³/mol. The van der Waals surface area contributed by atoms with Gasteiger partial charge in [-0.05, 0) is 36.8 Å². The van der Waals surface area contributed by atoms with Crippen LogP contribution in [0.1, 0.15) is 24.1 Å². The molecule has 1 nitrogen and oxygen atoms in total. The summed E-state index contributed by atoms with van der Waals surface area (Å²) in [6.45, 7) is 2.34. The second-order valence-corrected chi connectivity index (χ2v) is 4.59. The van der Waals surface area contributed by atoms with E-state index in [2.05, 4.69) is 36.8 Å². The molecular weight excluding hydrogens is 166 g/mol. The van der Waals surface area contributed by atoms with E-state index in [0.29, 0.717) is 0 Å². The van der Waals surface area contributed by atoms with Crippen LogP contribution in [0.2, 0.25) is 0 Å². The van der Waals surface area contributed by atoms with E-state index in [0.717, 1.165) is 17.9 Å². The van der Waals surface area contributed by atoms with Crippen LogP contribution in [0.25, 0.3) is 0 Å². The minimum Gasteiger partial charge on any atom is -0.317 e. The second kappa shape index (κ2) is 3.19. The van der Waals surface area contributed by atoms with Gasteiger partial charge in [0.25, 0.3) is 0 Å². The Balaban J connectivity index is 2.02. The third-order valence-corrected chi connectivity index (χ3v) is 4.06. The van der Waals surface area contributed by atoms with E-state index in [-0.39, 0.29) is 0 Å². The summed E-state index contributed by atoms with van der Waals surface area (Å²) >= 11 is 1.90. The molecule has 2 heteroatoms. The molecule has 1 saturated carbocycles. The maximum atomic E-state index is 3.35. The lowest BCUT2D eigenvalue weighted by molar-refractivity contribution is 0.197. The highest BCUT2D eigenvalue weighted by atomic mass is 32.1. The van der Waals surface area contributed by atoms with Gasteiger partial charge in [0.1, 0.15) is 0 Å². The fraction of sp³-hybridized carbons (Fsp3) is 0.600. The van der Waals surface area contributed by atoms with Crippen LogP contribution in [-0.2, 0) is 0 Å². The van der Waals surface area contributed by atoms with E-state index >= 15 is 0 Å². The quantitative estimate of drug-likeness (QED) is 0.739. The van der Waals surface area contributed by atoms with Gasteiger partial charge >= 0.3 is 0 Å². The van der Waals surface area contributed by atoms with Gasteiger partial charge < -0.3 is 5.32 Å². The van der Waals surface area contributed by atoms with Gasteiger partial charge in [0.15, 0.2) is 0 Å². The highest BCUT2D eigenvalue weighted by Gasteiger charge is 2.37. The first kappa shape index (κ1) is 8.27. The van der Waals surface area contributed by atoms with Crippen molar-refractivity contribution in [1.82, 2.24) is 5.32 Å². The first-order valence-corrected chi connectivity index (χ1v) is 5.41. The molecular formula is C10H15NS. The van der Waals surface area contributed by atoms with Crippen molar-refractivity contribution in [1.29, 1.82) is 0 Å². The van der Waals surface area contributed by atoms with Gasteiger partial charge in [0, 0.05) is 10.9 Å². The van der Waals surface area contributed by atoms with Crippen molar-refractivity contribution in [2.45, 2.75) is 25.3 Å². The average Bonchev–Trinajstić information content (AvgIpc) is 2.55. The largest absolute Gasteiger partial charge is 0.317 e. The molecule has 1 aromatic heterocycles. The van der Waals surface area contributed by atoms with Crippen LogP contribution in [0.15, 0.2) is 17.5 Å². The van der Waals surface area contributed by atoms with Crippen molar-refractivity contribution in [3.8, 4) is 0 Å². The highest BCUT2D eigenvalue weighted by Crippen LogP contribution is 2.43. The van der Waals surface area contributed by atoms with Gasteiger partial charge in [-0.15, -0.1) is 11.3 Å². The molecule has 2 rings (SSSR count). The molecule has 1 N–H and O–H groups in total. The molecule has 1 aliphatic rings. The third kappa shape index (κ3) is 1.19. The van der Waals surface area contributed by atoms with Crippen molar-refractivity contribution in [3.63, 3.8) is 0 Å². The molecule has 12 heavy (non-hydrogen) atoms. The van der Waals surface area contributed by atoms with E-state index in [1.165, 1.54) is 6.42 Å². The van der Waals surface area contributed by atoms with Crippen LogP contribution in [0.4, 0.5) is 0 Å². The summed E-state index contributed by atoms with van der Waals surface area (Å²) in [7, 11) is 2.06. The Labute approximate surface area is 77.8 Å². The number of rotatable bonds is 2. The summed E-state index contributed by atoms with van der Waals surface area (Å²) < 4.78 is 0. The molecule has 0 saturated heterocycles. The number of hydrogen-bond acceptors (Lipinski definition) is 2. The fourth-order valence-electron chi connectivity index (χ4n) is 2.05. The summed E-state index contributed by atoms with van der Waals surface area (Å²) in [5, 5.41) is 5.52. The van der Waals surface area contributed by atoms with Crippen LogP contribution in [0.5, 0.6) is 0 Å². The lowest BCUT2D eigenvalue weighted by atomic mass is 9.70. The van der Waals surface area contributed by atoms with E-state index in [4.69, 9.17) is 0 Å². The van der Waals surface area contributed by atoms with Crippen LogP contribution >= 0.6 is 11.3 Å². The normalized spacial score (nSPS) is 34.7. The molecule has 3 atom stereocenters. The minimum atomic E-state index is 0.747. The molecule has 0 aromatic carbocycles. The zero-order valence-electron chi connectivity index (χ0n) is 7.58. The van der Waals surface area contributed by atoms with Crippen LogP contribution < -0.4 is 5.32 Å². The molecule has 0 aliphatic heterocycles. The lowest BCUT2D eigenvalue weighted by Gasteiger charge is -2.42. The summed E-state index contributed by atoms with van der Waals surface area (Å²) in [5.41, 5.74) is 0. The average molecular weight is 181 g/mol. The maximum Gasteiger partial charge on any atom is 0.0102 e. The molecule has 66 valence electrons. The molecule has 0 radical (unpaired) electrons. The first-order chi connectivity index (χ1) is 5.83. The Morgan fingerprint density at radius 3 is 2.92 bits per heavy atom. The Morgan fingerprint density at radius 2 is 2.42 bits per heavy atom. The zero-order chi connectivity index (χ0) is 8.55. The van der Waals surface area contributed by atoms with E-state index in [9.17, 15) is 0 Å². The zero-order valence-corrected chi connectivity index (χ0v) is 8.40. The Kier molecular flexibility index (Phi) is 2.20. The van der Waals surface area contributed by atoms with Gasteiger partial charge in [-0.1, -0.05) is 13.0 Å². The fourth-order valence-corrected chi connectivity index (χ4v) is 3.00. The number of thiophene rings is 1. The summed E-state index contributed by atoms with van der Waals surface area (Å²) in [6.07, 6.45) is 1.32. The second-order valence-electron chi connectivity index (χ2n) is 3.61. The third-order valence-electron chi connectivity index (χ3n) is 3.06.